The van der Waals surface area contributed by atoms with Crippen molar-refractivity contribution >= 4 is 43.5 Å². The SMILES string of the molecule is c1ccc(-c2cccc(-c3nc(-c4ccccc4-c4ccc5c(ccc6ccc7nn(-c8ccccc8)nc7c65)c4)nc4ccccc34)c2)cc1. The molecule has 0 aliphatic carbocycles. The second-order valence-electron chi connectivity index (χ2n) is 12.8. The first-order valence-corrected chi connectivity index (χ1v) is 17.1. The fraction of sp³-hybridized carbons (Fsp3) is 0. The smallest absolute Gasteiger partial charge is 0.161 e. The zero-order chi connectivity index (χ0) is 33.7. The van der Waals surface area contributed by atoms with Crippen molar-refractivity contribution in [1.29, 1.82) is 0 Å². The van der Waals surface area contributed by atoms with E-state index in [0.29, 0.717) is 5.82 Å². The number of rotatable bonds is 5. The Kier molecular flexibility index (Phi) is 6.74. The van der Waals surface area contributed by atoms with Gasteiger partial charge in [-0.05, 0) is 74.8 Å². The van der Waals surface area contributed by atoms with Crippen LogP contribution in [0, 0.1) is 0 Å². The van der Waals surface area contributed by atoms with E-state index in [1.54, 1.807) is 4.80 Å². The van der Waals surface area contributed by atoms with Crippen LogP contribution in [0.5, 0.6) is 0 Å². The van der Waals surface area contributed by atoms with Crippen LogP contribution in [0.2, 0.25) is 0 Å². The van der Waals surface area contributed by atoms with Crippen molar-refractivity contribution in [3.63, 3.8) is 0 Å². The summed E-state index contributed by atoms with van der Waals surface area (Å²) >= 11 is 0. The highest BCUT2D eigenvalue weighted by atomic mass is 15.5. The topological polar surface area (TPSA) is 56.5 Å². The molecule has 0 atom stereocenters. The quantitative estimate of drug-likeness (QED) is 0.174. The van der Waals surface area contributed by atoms with Gasteiger partial charge in [0.05, 0.1) is 16.9 Å². The van der Waals surface area contributed by atoms with E-state index in [2.05, 4.69) is 133 Å². The van der Waals surface area contributed by atoms with Gasteiger partial charge in [-0.1, -0.05) is 140 Å². The van der Waals surface area contributed by atoms with E-state index >= 15 is 0 Å². The Morgan fingerprint density at radius 2 is 1.10 bits per heavy atom. The molecule has 238 valence electrons. The first-order valence-electron chi connectivity index (χ1n) is 17.1. The molecule has 2 heterocycles. The normalized spacial score (nSPS) is 11.5. The molecule has 0 aliphatic heterocycles. The summed E-state index contributed by atoms with van der Waals surface area (Å²) in [5.41, 5.74) is 11.1. The van der Waals surface area contributed by atoms with Crippen molar-refractivity contribution in [2.24, 2.45) is 0 Å². The van der Waals surface area contributed by atoms with Crippen LogP contribution in [0.4, 0.5) is 0 Å². The third-order valence-electron chi connectivity index (χ3n) is 9.66. The monoisotopic (exact) mass is 651 g/mol. The van der Waals surface area contributed by atoms with Gasteiger partial charge < -0.3 is 0 Å². The average Bonchev–Trinajstić information content (AvgIpc) is 3.66. The number of fused-ring (bicyclic) bond motifs is 6. The summed E-state index contributed by atoms with van der Waals surface area (Å²) in [6, 6.07) is 61.1. The second-order valence-corrected chi connectivity index (χ2v) is 12.8. The molecule has 0 saturated carbocycles. The van der Waals surface area contributed by atoms with E-state index < -0.39 is 0 Å². The summed E-state index contributed by atoms with van der Waals surface area (Å²) in [4.78, 5) is 12.2. The molecular weight excluding hydrogens is 623 g/mol. The molecule has 0 aliphatic rings. The van der Waals surface area contributed by atoms with Crippen LogP contribution in [-0.2, 0) is 0 Å². The van der Waals surface area contributed by atoms with Gasteiger partial charge >= 0.3 is 0 Å². The maximum absolute atomic E-state index is 5.30. The first kappa shape index (κ1) is 29.0. The molecule has 0 radical (unpaired) electrons. The Hall–Kier alpha value is -6.98. The van der Waals surface area contributed by atoms with E-state index in [1.807, 2.05) is 42.5 Å². The first-order chi connectivity index (χ1) is 25.3. The Bertz CT molecular complexity index is 2910. The zero-order valence-corrected chi connectivity index (χ0v) is 27.5. The van der Waals surface area contributed by atoms with Crippen molar-refractivity contribution in [1.82, 2.24) is 25.0 Å². The van der Waals surface area contributed by atoms with Gasteiger partial charge in [0.15, 0.2) is 5.82 Å². The van der Waals surface area contributed by atoms with Crippen LogP contribution >= 0.6 is 0 Å². The molecule has 5 heteroatoms. The molecular formula is C46H29N5. The standard InChI is InChI=1S/C46H29N5/c1-3-12-30(13-4-1)32-14-11-15-35(28-32)44-40-20-9-10-21-41(40)47-46(48-44)39-19-8-7-18-37(39)33-24-26-38-34(29-33)23-22-31-25-27-42-45(43(31)38)50-51(49-42)36-16-5-2-6-17-36/h1-29H. The number of hydrogen-bond acceptors (Lipinski definition) is 4. The molecule has 8 aromatic carbocycles. The van der Waals surface area contributed by atoms with Crippen molar-refractivity contribution in [3.8, 4) is 50.6 Å². The van der Waals surface area contributed by atoms with Crippen molar-refractivity contribution < 1.29 is 0 Å². The molecule has 0 amide bonds. The molecule has 2 aromatic heterocycles. The molecule has 10 aromatic rings. The van der Waals surface area contributed by atoms with E-state index in [9.17, 15) is 0 Å². The summed E-state index contributed by atoms with van der Waals surface area (Å²) in [6.45, 7) is 0. The molecule has 0 fully saturated rings. The van der Waals surface area contributed by atoms with Gasteiger partial charge in [0.2, 0.25) is 0 Å². The van der Waals surface area contributed by atoms with E-state index in [1.165, 1.54) is 5.56 Å². The summed E-state index contributed by atoms with van der Waals surface area (Å²) in [6.07, 6.45) is 0. The van der Waals surface area contributed by atoms with Gasteiger partial charge in [-0.25, -0.2) is 9.97 Å². The number of benzene rings is 8. The lowest BCUT2D eigenvalue weighted by Crippen LogP contribution is -1.97. The zero-order valence-electron chi connectivity index (χ0n) is 27.5. The van der Waals surface area contributed by atoms with E-state index in [4.69, 9.17) is 20.2 Å². The van der Waals surface area contributed by atoms with Gasteiger partial charge in [-0.15, -0.1) is 10.2 Å². The molecule has 5 nitrogen and oxygen atoms in total. The van der Waals surface area contributed by atoms with E-state index in [-0.39, 0.29) is 0 Å². The highest BCUT2D eigenvalue weighted by molar-refractivity contribution is 6.18. The van der Waals surface area contributed by atoms with Gasteiger partial charge in [0.25, 0.3) is 0 Å². The van der Waals surface area contributed by atoms with Gasteiger partial charge in [-0.3, -0.25) is 0 Å². The minimum absolute atomic E-state index is 0.697. The molecule has 10 rings (SSSR count). The maximum Gasteiger partial charge on any atom is 0.161 e. The molecule has 0 unspecified atom stereocenters. The Labute approximate surface area is 294 Å². The summed E-state index contributed by atoms with van der Waals surface area (Å²) < 4.78 is 0. The minimum Gasteiger partial charge on any atom is -0.228 e. The highest BCUT2D eigenvalue weighted by Crippen LogP contribution is 2.38. The highest BCUT2D eigenvalue weighted by Gasteiger charge is 2.17. The fourth-order valence-corrected chi connectivity index (χ4v) is 7.19. The minimum atomic E-state index is 0.697. The lowest BCUT2D eigenvalue weighted by molar-refractivity contribution is 0.766. The Morgan fingerprint density at radius 3 is 1.98 bits per heavy atom. The summed E-state index contributed by atoms with van der Waals surface area (Å²) in [7, 11) is 0. The summed E-state index contributed by atoms with van der Waals surface area (Å²) in [5.74, 6) is 0.697. The van der Waals surface area contributed by atoms with Crippen LogP contribution in [0.1, 0.15) is 0 Å². The van der Waals surface area contributed by atoms with Crippen LogP contribution < -0.4 is 0 Å². The summed E-state index contributed by atoms with van der Waals surface area (Å²) in [5, 5.41) is 15.3. The van der Waals surface area contributed by atoms with Gasteiger partial charge in [0, 0.05) is 21.9 Å². The van der Waals surface area contributed by atoms with Crippen LogP contribution in [-0.4, -0.2) is 25.0 Å². The largest absolute Gasteiger partial charge is 0.228 e. The third kappa shape index (κ3) is 5.03. The van der Waals surface area contributed by atoms with E-state index in [0.717, 1.165) is 82.7 Å². The van der Waals surface area contributed by atoms with Crippen LogP contribution in [0.25, 0.3) is 94.1 Å². The number of nitrogens with zero attached hydrogens (tertiary/aromatic N) is 5. The molecule has 0 saturated heterocycles. The van der Waals surface area contributed by atoms with Gasteiger partial charge in [-0.2, -0.15) is 4.80 Å². The molecule has 0 N–H and O–H groups in total. The van der Waals surface area contributed by atoms with Crippen LogP contribution in [0.15, 0.2) is 176 Å². The Morgan fingerprint density at radius 1 is 0.392 bits per heavy atom. The third-order valence-corrected chi connectivity index (χ3v) is 9.66. The predicted octanol–water partition coefficient (Wildman–Crippen LogP) is 11.3. The molecule has 51 heavy (non-hydrogen) atoms. The van der Waals surface area contributed by atoms with Crippen LogP contribution in [0.3, 0.4) is 0 Å². The number of aromatic nitrogens is 5. The van der Waals surface area contributed by atoms with Crippen molar-refractivity contribution in [2.45, 2.75) is 0 Å². The predicted molar refractivity (Wildman–Crippen MR) is 209 cm³/mol. The number of para-hydroxylation sites is 2. The Balaban J connectivity index is 1.11. The maximum atomic E-state index is 5.30. The fourth-order valence-electron chi connectivity index (χ4n) is 7.19. The lowest BCUT2D eigenvalue weighted by atomic mass is 9.94. The number of hydrogen-bond donors (Lipinski definition) is 0. The van der Waals surface area contributed by atoms with Crippen molar-refractivity contribution in [2.75, 3.05) is 0 Å². The lowest BCUT2D eigenvalue weighted by Gasteiger charge is -2.14. The van der Waals surface area contributed by atoms with Crippen molar-refractivity contribution in [3.05, 3.63) is 176 Å². The van der Waals surface area contributed by atoms with Gasteiger partial charge in [0.1, 0.15) is 11.0 Å². The second kappa shape index (κ2) is 11.9. The molecule has 0 spiro atoms. The molecule has 0 bridgehead atoms. The average molecular weight is 652 g/mol.